The van der Waals surface area contributed by atoms with Gasteiger partial charge in [0.05, 0.1) is 17.8 Å². The Morgan fingerprint density at radius 2 is 2.12 bits per heavy atom. The number of aliphatic carboxylic acids is 1. The maximum atomic E-state index is 10.9. The lowest BCUT2D eigenvalue weighted by Crippen LogP contribution is -2.06. The molecule has 0 fully saturated rings. The summed E-state index contributed by atoms with van der Waals surface area (Å²) in [5.41, 5.74) is 2.78. The van der Waals surface area contributed by atoms with Gasteiger partial charge in [-0.15, -0.1) is 0 Å². The molecule has 88 valence electrons. The van der Waals surface area contributed by atoms with E-state index in [0.717, 1.165) is 11.3 Å². The zero-order valence-electron chi connectivity index (χ0n) is 9.79. The second-order valence-corrected chi connectivity index (χ2v) is 4.06. The standard InChI is InChI=1S/C13H14N2O2/c1-9-5-3-4-6-12(9)15-8-11(7-14-15)10(2)13(16)17/h3-8,10H,1-2H3,(H,16,17). The maximum Gasteiger partial charge on any atom is 0.310 e. The number of aryl methyl sites for hydroxylation is 1. The van der Waals surface area contributed by atoms with Gasteiger partial charge in [0.1, 0.15) is 0 Å². The highest BCUT2D eigenvalue weighted by Gasteiger charge is 2.16. The van der Waals surface area contributed by atoms with E-state index in [0.29, 0.717) is 5.56 Å². The zero-order chi connectivity index (χ0) is 12.4. The topological polar surface area (TPSA) is 55.1 Å². The Morgan fingerprint density at radius 3 is 2.76 bits per heavy atom. The first kappa shape index (κ1) is 11.4. The lowest BCUT2D eigenvalue weighted by molar-refractivity contribution is -0.138. The average Bonchev–Trinajstić information content (AvgIpc) is 2.77. The third-order valence-corrected chi connectivity index (χ3v) is 2.84. The normalized spacial score (nSPS) is 12.4. The highest BCUT2D eigenvalue weighted by atomic mass is 16.4. The number of benzene rings is 1. The first-order valence-electron chi connectivity index (χ1n) is 5.43. The molecule has 0 spiro atoms. The number of hydrogen-bond donors (Lipinski definition) is 1. The van der Waals surface area contributed by atoms with Crippen molar-refractivity contribution in [1.29, 1.82) is 0 Å². The van der Waals surface area contributed by atoms with Crippen molar-refractivity contribution >= 4 is 5.97 Å². The van der Waals surface area contributed by atoms with E-state index in [1.807, 2.05) is 31.2 Å². The molecular formula is C13H14N2O2. The van der Waals surface area contributed by atoms with Gasteiger partial charge in [0.15, 0.2) is 0 Å². The number of carbonyl (C=O) groups is 1. The minimum atomic E-state index is -0.839. The van der Waals surface area contributed by atoms with E-state index in [2.05, 4.69) is 5.10 Å². The van der Waals surface area contributed by atoms with Gasteiger partial charge in [-0.1, -0.05) is 18.2 Å². The number of carboxylic acid groups (broad SMARTS) is 1. The molecule has 0 aliphatic rings. The smallest absolute Gasteiger partial charge is 0.310 e. The largest absolute Gasteiger partial charge is 0.481 e. The van der Waals surface area contributed by atoms with Gasteiger partial charge in [0.2, 0.25) is 0 Å². The monoisotopic (exact) mass is 230 g/mol. The first-order valence-corrected chi connectivity index (χ1v) is 5.43. The molecule has 0 bridgehead atoms. The van der Waals surface area contributed by atoms with E-state index in [1.54, 1.807) is 24.0 Å². The van der Waals surface area contributed by atoms with E-state index in [1.165, 1.54) is 0 Å². The van der Waals surface area contributed by atoms with Crippen LogP contribution >= 0.6 is 0 Å². The van der Waals surface area contributed by atoms with Crippen LogP contribution in [0, 0.1) is 6.92 Å². The van der Waals surface area contributed by atoms with Crippen LogP contribution in [-0.4, -0.2) is 20.9 Å². The SMILES string of the molecule is Cc1ccccc1-n1cc(C(C)C(=O)O)cn1. The molecular weight excluding hydrogens is 216 g/mol. The van der Waals surface area contributed by atoms with Gasteiger partial charge in [0.25, 0.3) is 0 Å². The summed E-state index contributed by atoms with van der Waals surface area (Å²) in [6.45, 7) is 3.65. The molecule has 1 N–H and O–H groups in total. The Labute approximate surface area is 99.5 Å². The van der Waals surface area contributed by atoms with Crippen molar-refractivity contribution in [3.05, 3.63) is 47.8 Å². The van der Waals surface area contributed by atoms with Gasteiger partial charge in [-0.2, -0.15) is 5.10 Å². The molecule has 2 rings (SSSR count). The number of para-hydroxylation sites is 1. The van der Waals surface area contributed by atoms with E-state index >= 15 is 0 Å². The summed E-state index contributed by atoms with van der Waals surface area (Å²) in [6, 6.07) is 7.85. The molecule has 2 aromatic rings. The Morgan fingerprint density at radius 1 is 1.41 bits per heavy atom. The van der Waals surface area contributed by atoms with E-state index in [-0.39, 0.29) is 0 Å². The summed E-state index contributed by atoms with van der Waals surface area (Å²) in [5.74, 6) is -1.37. The average molecular weight is 230 g/mol. The fourth-order valence-electron chi connectivity index (χ4n) is 1.66. The van der Waals surface area contributed by atoms with Crippen LogP contribution in [0.2, 0.25) is 0 Å². The Hall–Kier alpha value is -2.10. The van der Waals surface area contributed by atoms with Gasteiger partial charge in [-0.3, -0.25) is 4.79 Å². The molecule has 1 aromatic heterocycles. The van der Waals surface area contributed by atoms with E-state index in [4.69, 9.17) is 5.11 Å². The van der Waals surface area contributed by atoms with Gasteiger partial charge < -0.3 is 5.11 Å². The molecule has 1 atom stereocenters. The molecule has 0 saturated heterocycles. The number of rotatable bonds is 3. The molecule has 1 unspecified atom stereocenters. The van der Waals surface area contributed by atoms with E-state index in [9.17, 15) is 4.79 Å². The third kappa shape index (κ3) is 2.20. The van der Waals surface area contributed by atoms with E-state index < -0.39 is 11.9 Å². The number of carboxylic acids is 1. The quantitative estimate of drug-likeness (QED) is 0.880. The highest BCUT2D eigenvalue weighted by Crippen LogP contribution is 2.18. The molecule has 1 heterocycles. The lowest BCUT2D eigenvalue weighted by atomic mass is 10.1. The molecule has 17 heavy (non-hydrogen) atoms. The number of hydrogen-bond acceptors (Lipinski definition) is 2. The molecule has 0 radical (unpaired) electrons. The zero-order valence-corrected chi connectivity index (χ0v) is 9.79. The molecule has 0 saturated carbocycles. The molecule has 1 aromatic carbocycles. The van der Waals surface area contributed by atoms with Crippen LogP contribution in [0.1, 0.15) is 24.0 Å². The van der Waals surface area contributed by atoms with Crippen LogP contribution in [0.15, 0.2) is 36.7 Å². The predicted molar refractivity (Wildman–Crippen MR) is 64.4 cm³/mol. The van der Waals surface area contributed by atoms with Crippen molar-refractivity contribution in [2.45, 2.75) is 19.8 Å². The second-order valence-electron chi connectivity index (χ2n) is 4.06. The lowest BCUT2D eigenvalue weighted by Gasteiger charge is -2.05. The van der Waals surface area contributed by atoms with Crippen LogP contribution in [0.3, 0.4) is 0 Å². The minimum Gasteiger partial charge on any atom is -0.481 e. The predicted octanol–water partition coefficient (Wildman–Crippen LogP) is 2.37. The van der Waals surface area contributed by atoms with Crippen molar-refractivity contribution in [2.24, 2.45) is 0 Å². The van der Waals surface area contributed by atoms with Crippen LogP contribution in [-0.2, 0) is 4.79 Å². The molecule has 0 aliphatic carbocycles. The summed E-state index contributed by atoms with van der Waals surface area (Å²) < 4.78 is 1.71. The Bertz CT molecular complexity index is 546. The molecule has 4 heteroatoms. The third-order valence-electron chi connectivity index (χ3n) is 2.84. The van der Waals surface area contributed by atoms with Crippen molar-refractivity contribution in [2.75, 3.05) is 0 Å². The summed E-state index contributed by atoms with van der Waals surface area (Å²) in [6.07, 6.45) is 3.37. The summed E-state index contributed by atoms with van der Waals surface area (Å²) in [4.78, 5) is 10.9. The van der Waals surface area contributed by atoms with Gasteiger partial charge >= 0.3 is 5.97 Å². The molecule has 0 amide bonds. The fourth-order valence-corrected chi connectivity index (χ4v) is 1.66. The minimum absolute atomic E-state index is 0.534. The second kappa shape index (κ2) is 4.41. The number of aromatic nitrogens is 2. The van der Waals surface area contributed by atoms with Gasteiger partial charge in [-0.05, 0) is 25.5 Å². The van der Waals surface area contributed by atoms with Crippen molar-refractivity contribution in [1.82, 2.24) is 9.78 Å². The van der Waals surface area contributed by atoms with Crippen LogP contribution < -0.4 is 0 Å². The van der Waals surface area contributed by atoms with Crippen LogP contribution in [0.4, 0.5) is 0 Å². The van der Waals surface area contributed by atoms with Gasteiger partial charge in [0, 0.05) is 11.8 Å². The molecule has 4 nitrogen and oxygen atoms in total. The van der Waals surface area contributed by atoms with Crippen molar-refractivity contribution < 1.29 is 9.90 Å². The number of nitrogens with zero attached hydrogens (tertiary/aromatic N) is 2. The van der Waals surface area contributed by atoms with Gasteiger partial charge in [-0.25, -0.2) is 4.68 Å². The summed E-state index contributed by atoms with van der Waals surface area (Å²) in [5, 5.41) is 13.1. The Balaban J connectivity index is 2.37. The van der Waals surface area contributed by atoms with Crippen LogP contribution in [0.5, 0.6) is 0 Å². The Kier molecular flexibility index (Phi) is 2.95. The maximum absolute atomic E-state index is 10.9. The van der Waals surface area contributed by atoms with Crippen LogP contribution in [0.25, 0.3) is 5.69 Å². The fraction of sp³-hybridized carbons (Fsp3) is 0.231. The first-order chi connectivity index (χ1) is 8.09. The summed E-state index contributed by atoms with van der Waals surface area (Å²) >= 11 is 0. The molecule has 0 aliphatic heterocycles. The highest BCUT2D eigenvalue weighted by molar-refractivity contribution is 5.75. The van der Waals surface area contributed by atoms with Crippen molar-refractivity contribution in [3.63, 3.8) is 0 Å². The van der Waals surface area contributed by atoms with Crippen molar-refractivity contribution in [3.8, 4) is 5.69 Å². The summed E-state index contributed by atoms with van der Waals surface area (Å²) in [7, 11) is 0.